The van der Waals surface area contributed by atoms with E-state index in [4.69, 9.17) is 0 Å². The maximum Gasteiger partial charge on any atom is 0.319 e. The minimum atomic E-state index is -0.292. The Morgan fingerprint density at radius 1 is 1.14 bits per heavy atom. The smallest absolute Gasteiger partial charge is 0.319 e. The van der Waals surface area contributed by atoms with E-state index in [2.05, 4.69) is 20.9 Å². The average molecular weight is 406 g/mol. The van der Waals surface area contributed by atoms with Gasteiger partial charge in [-0.3, -0.25) is 0 Å². The third-order valence-electron chi connectivity index (χ3n) is 4.80. The fraction of sp³-hybridized carbons (Fsp3) is 0.300. The van der Waals surface area contributed by atoms with Gasteiger partial charge in [-0.2, -0.15) is 0 Å². The standard InChI is InChI=1S/C20H24FN5O.ClH/c1-11-6-15(21)7-12(2)17(11)9-23-18-8-16(25-20(27)22-5)10-26-14(4)13(3)24-19(18)26;/h6-8,10,23H,9H2,1-5H3,(H2,22,25,27);1H. The number of anilines is 2. The van der Waals surface area contributed by atoms with Gasteiger partial charge in [-0.05, 0) is 62.6 Å². The molecule has 0 aliphatic heterocycles. The quantitative estimate of drug-likeness (QED) is 0.598. The molecule has 0 saturated heterocycles. The number of halogens is 2. The molecule has 1 aromatic carbocycles. The van der Waals surface area contributed by atoms with Crippen LogP contribution in [0.4, 0.5) is 20.6 Å². The van der Waals surface area contributed by atoms with Crippen LogP contribution in [0.15, 0.2) is 24.4 Å². The molecule has 2 aromatic heterocycles. The number of rotatable bonds is 4. The lowest BCUT2D eigenvalue weighted by Gasteiger charge is -2.15. The molecule has 0 radical (unpaired) electrons. The van der Waals surface area contributed by atoms with E-state index in [1.807, 2.05) is 44.4 Å². The Bertz CT molecular complexity index is 1010. The molecular weight excluding hydrogens is 381 g/mol. The van der Waals surface area contributed by atoms with Gasteiger partial charge in [-0.25, -0.2) is 14.2 Å². The van der Waals surface area contributed by atoms with Gasteiger partial charge < -0.3 is 20.4 Å². The minimum absolute atomic E-state index is 0. The van der Waals surface area contributed by atoms with E-state index < -0.39 is 0 Å². The van der Waals surface area contributed by atoms with Gasteiger partial charge in [0.15, 0.2) is 5.65 Å². The van der Waals surface area contributed by atoms with Crippen LogP contribution >= 0.6 is 12.4 Å². The van der Waals surface area contributed by atoms with E-state index in [9.17, 15) is 9.18 Å². The summed E-state index contributed by atoms with van der Waals surface area (Å²) in [5.41, 5.74) is 6.98. The molecule has 0 aliphatic carbocycles. The molecule has 2 heterocycles. The molecule has 2 amide bonds. The van der Waals surface area contributed by atoms with Crippen LogP contribution < -0.4 is 16.0 Å². The molecule has 3 N–H and O–H groups in total. The average Bonchev–Trinajstić information content (AvgIpc) is 2.89. The number of fused-ring (bicyclic) bond motifs is 1. The minimum Gasteiger partial charge on any atom is -0.378 e. The van der Waals surface area contributed by atoms with Crippen molar-refractivity contribution in [1.82, 2.24) is 14.7 Å². The maximum atomic E-state index is 13.6. The normalized spacial score (nSPS) is 10.5. The van der Waals surface area contributed by atoms with Gasteiger partial charge >= 0.3 is 6.03 Å². The van der Waals surface area contributed by atoms with Crippen LogP contribution in [-0.2, 0) is 6.54 Å². The first-order chi connectivity index (χ1) is 12.8. The third-order valence-corrected chi connectivity index (χ3v) is 4.80. The predicted octanol–water partition coefficient (Wildman–Crippen LogP) is 4.49. The molecule has 6 nitrogen and oxygen atoms in total. The summed E-state index contributed by atoms with van der Waals surface area (Å²) in [5, 5.41) is 8.75. The Labute approximate surface area is 170 Å². The zero-order chi connectivity index (χ0) is 19.7. The van der Waals surface area contributed by atoms with Crippen molar-refractivity contribution < 1.29 is 9.18 Å². The second kappa shape index (κ2) is 8.48. The molecule has 3 rings (SSSR count). The summed E-state index contributed by atoms with van der Waals surface area (Å²) >= 11 is 0. The topological polar surface area (TPSA) is 70.5 Å². The maximum absolute atomic E-state index is 13.6. The van der Waals surface area contributed by atoms with Crippen molar-refractivity contribution in [1.29, 1.82) is 0 Å². The Morgan fingerprint density at radius 2 is 1.79 bits per heavy atom. The number of aryl methyl sites for hydroxylation is 4. The molecule has 0 aliphatic rings. The summed E-state index contributed by atoms with van der Waals surface area (Å²) < 4.78 is 15.5. The molecule has 0 spiro atoms. The van der Waals surface area contributed by atoms with Gasteiger partial charge in [0, 0.05) is 25.5 Å². The number of hydrogen-bond acceptors (Lipinski definition) is 3. The Hall–Kier alpha value is -2.80. The zero-order valence-electron chi connectivity index (χ0n) is 16.6. The molecule has 150 valence electrons. The first-order valence-electron chi connectivity index (χ1n) is 8.77. The molecule has 0 saturated carbocycles. The van der Waals surface area contributed by atoms with Crippen LogP contribution in [0.25, 0.3) is 5.65 Å². The predicted molar refractivity (Wildman–Crippen MR) is 113 cm³/mol. The summed E-state index contributed by atoms with van der Waals surface area (Å²) in [6, 6.07) is 4.63. The molecule has 3 aromatic rings. The molecular formula is C20H25ClFN5O. The highest BCUT2D eigenvalue weighted by molar-refractivity contribution is 5.90. The van der Waals surface area contributed by atoms with Gasteiger partial charge in [0.25, 0.3) is 0 Å². The van der Waals surface area contributed by atoms with Crippen LogP contribution in [0.2, 0.25) is 0 Å². The number of carbonyl (C=O) groups excluding carboxylic acids is 1. The molecule has 8 heteroatoms. The monoisotopic (exact) mass is 405 g/mol. The lowest BCUT2D eigenvalue weighted by atomic mass is 10.0. The highest BCUT2D eigenvalue weighted by Crippen LogP contribution is 2.26. The number of amides is 2. The summed E-state index contributed by atoms with van der Waals surface area (Å²) in [6.45, 7) is 8.26. The SMILES string of the molecule is CNC(=O)Nc1cc(NCc2c(C)cc(F)cc2C)c2nc(C)c(C)n2c1.Cl. The number of imidazole rings is 1. The zero-order valence-corrected chi connectivity index (χ0v) is 17.4. The van der Waals surface area contributed by atoms with E-state index in [-0.39, 0.29) is 24.3 Å². The first-order valence-corrected chi connectivity index (χ1v) is 8.77. The van der Waals surface area contributed by atoms with Gasteiger partial charge in [0.2, 0.25) is 0 Å². The van der Waals surface area contributed by atoms with Crippen LogP contribution in [0.1, 0.15) is 28.1 Å². The van der Waals surface area contributed by atoms with Crippen LogP contribution in [-0.4, -0.2) is 22.5 Å². The highest BCUT2D eigenvalue weighted by Gasteiger charge is 2.13. The first kappa shape index (κ1) is 21.5. The number of pyridine rings is 1. The fourth-order valence-corrected chi connectivity index (χ4v) is 3.17. The van der Waals surface area contributed by atoms with Crippen molar-refractivity contribution in [2.45, 2.75) is 34.2 Å². The highest BCUT2D eigenvalue weighted by atomic mass is 35.5. The van der Waals surface area contributed by atoms with Gasteiger partial charge in [0.1, 0.15) is 5.82 Å². The molecule has 0 fully saturated rings. The number of urea groups is 1. The number of nitrogens with one attached hydrogen (secondary N) is 3. The number of carbonyl (C=O) groups is 1. The van der Waals surface area contributed by atoms with E-state index >= 15 is 0 Å². The van der Waals surface area contributed by atoms with Crippen LogP contribution in [0, 0.1) is 33.5 Å². The molecule has 0 unspecified atom stereocenters. The molecule has 28 heavy (non-hydrogen) atoms. The Kier molecular flexibility index (Phi) is 6.51. The summed E-state index contributed by atoms with van der Waals surface area (Å²) in [5.74, 6) is -0.229. The van der Waals surface area contributed by atoms with E-state index in [0.717, 1.165) is 39.4 Å². The number of aromatic nitrogens is 2. The fourth-order valence-electron chi connectivity index (χ4n) is 3.17. The van der Waals surface area contributed by atoms with Crippen molar-refractivity contribution in [2.75, 3.05) is 17.7 Å². The summed E-state index contributed by atoms with van der Waals surface area (Å²) in [6.07, 6.45) is 1.85. The van der Waals surface area contributed by atoms with Crippen molar-refractivity contribution >= 4 is 35.5 Å². The number of hydrogen-bond donors (Lipinski definition) is 3. The van der Waals surface area contributed by atoms with Crippen molar-refractivity contribution in [2.24, 2.45) is 0 Å². The van der Waals surface area contributed by atoms with Crippen molar-refractivity contribution in [3.8, 4) is 0 Å². The van der Waals surface area contributed by atoms with E-state index in [1.165, 1.54) is 12.1 Å². The summed E-state index contributed by atoms with van der Waals surface area (Å²) in [7, 11) is 1.57. The Morgan fingerprint density at radius 3 is 2.39 bits per heavy atom. The number of nitrogens with zero attached hydrogens (tertiary/aromatic N) is 2. The van der Waals surface area contributed by atoms with Crippen molar-refractivity contribution in [3.05, 3.63) is 58.3 Å². The summed E-state index contributed by atoms with van der Waals surface area (Å²) in [4.78, 5) is 16.4. The molecule has 0 bridgehead atoms. The lowest BCUT2D eigenvalue weighted by Crippen LogP contribution is -2.24. The third kappa shape index (κ3) is 4.20. The van der Waals surface area contributed by atoms with Crippen molar-refractivity contribution in [3.63, 3.8) is 0 Å². The van der Waals surface area contributed by atoms with Gasteiger partial charge in [-0.15, -0.1) is 12.4 Å². The van der Waals surface area contributed by atoms with Gasteiger partial charge in [0.05, 0.1) is 17.1 Å². The lowest BCUT2D eigenvalue weighted by molar-refractivity contribution is 0.254. The van der Waals surface area contributed by atoms with E-state index in [1.54, 1.807) is 7.05 Å². The van der Waals surface area contributed by atoms with E-state index in [0.29, 0.717) is 12.2 Å². The Balaban J connectivity index is 0.00000280. The largest absolute Gasteiger partial charge is 0.378 e. The van der Waals surface area contributed by atoms with Gasteiger partial charge in [-0.1, -0.05) is 0 Å². The second-order valence-corrected chi connectivity index (χ2v) is 6.69. The second-order valence-electron chi connectivity index (χ2n) is 6.69. The van der Waals surface area contributed by atoms with Crippen LogP contribution in [0.3, 0.4) is 0 Å². The van der Waals surface area contributed by atoms with Crippen LogP contribution in [0.5, 0.6) is 0 Å². The number of benzene rings is 1. The molecule has 0 atom stereocenters.